The molecule has 0 bridgehead atoms. The molecule has 0 fully saturated rings. The van der Waals surface area contributed by atoms with Crippen molar-refractivity contribution in [3.05, 3.63) is 0 Å². The third kappa shape index (κ3) is 14.2. The van der Waals surface area contributed by atoms with Crippen LogP contribution in [0.3, 0.4) is 0 Å². The van der Waals surface area contributed by atoms with Crippen molar-refractivity contribution in [2.24, 2.45) is 0 Å². The first-order valence-corrected chi connectivity index (χ1v) is 11.6. The highest BCUT2D eigenvalue weighted by atomic mass is 32.2. The minimum atomic E-state index is -3.99. The summed E-state index contributed by atoms with van der Waals surface area (Å²) in [5.41, 5.74) is 0. The smallest absolute Gasteiger partial charge is 0.267 e. The van der Waals surface area contributed by atoms with E-state index in [9.17, 15) is 18.1 Å². The number of hydrogen-bond acceptors (Lipinski definition) is 3. The van der Waals surface area contributed by atoms with Gasteiger partial charge >= 0.3 is 0 Å². The van der Waals surface area contributed by atoms with E-state index in [0.717, 1.165) is 38.5 Å². The van der Waals surface area contributed by atoms with Gasteiger partial charge < -0.3 is 5.11 Å². The molecule has 5 heteroatoms. The molecule has 4 nitrogen and oxygen atoms in total. The number of unbranched alkanes of at least 4 members (excludes halogenated alkanes) is 9. The highest BCUT2D eigenvalue weighted by Crippen LogP contribution is 2.19. The first-order valence-electron chi connectivity index (χ1n) is 10.1. The Bertz CT molecular complexity index is 368. The van der Waals surface area contributed by atoms with Gasteiger partial charge in [-0.25, -0.2) is 0 Å². The maximum atomic E-state index is 11.4. The van der Waals surface area contributed by atoms with E-state index in [4.69, 9.17) is 0 Å². The van der Waals surface area contributed by atoms with Gasteiger partial charge in [0.15, 0.2) is 0 Å². The van der Waals surface area contributed by atoms with Gasteiger partial charge in [-0.15, -0.1) is 0 Å². The summed E-state index contributed by atoms with van der Waals surface area (Å²) in [5.74, 6) is 0. The number of hydrogen-bond donors (Lipinski definition) is 2. The van der Waals surface area contributed by atoms with E-state index < -0.39 is 21.5 Å². The van der Waals surface area contributed by atoms with Crippen molar-refractivity contribution in [2.45, 2.75) is 122 Å². The molecule has 0 aromatic rings. The molecular weight excluding hydrogens is 324 g/mol. The van der Waals surface area contributed by atoms with Gasteiger partial charge in [0.25, 0.3) is 10.1 Å². The fourth-order valence-corrected chi connectivity index (χ4v) is 4.00. The Labute approximate surface area is 150 Å². The SMILES string of the molecule is CCCCCCCCCCC(O)CCC(CCCCC)S(=O)(=O)O. The van der Waals surface area contributed by atoms with Crippen LogP contribution in [0.25, 0.3) is 0 Å². The Hall–Kier alpha value is -0.130. The summed E-state index contributed by atoms with van der Waals surface area (Å²) >= 11 is 0. The van der Waals surface area contributed by atoms with Crippen LogP contribution >= 0.6 is 0 Å². The topological polar surface area (TPSA) is 74.6 Å². The van der Waals surface area contributed by atoms with Crippen LogP contribution in [0.2, 0.25) is 0 Å². The van der Waals surface area contributed by atoms with Crippen LogP contribution in [0.4, 0.5) is 0 Å². The quantitative estimate of drug-likeness (QED) is 0.264. The van der Waals surface area contributed by atoms with Crippen LogP contribution in [-0.4, -0.2) is 29.4 Å². The fraction of sp³-hybridized carbons (Fsp3) is 1.00. The molecule has 24 heavy (non-hydrogen) atoms. The second kappa shape index (κ2) is 15.2. The minimum absolute atomic E-state index is 0.362. The van der Waals surface area contributed by atoms with Gasteiger partial charge in [-0.2, -0.15) is 8.42 Å². The zero-order chi connectivity index (χ0) is 18.3. The Morgan fingerprint density at radius 2 is 1.12 bits per heavy atom. The molecule has 0 spiro atoms. The second-order valence-electron chi connectivity index (χ2n) is 7.13. The number of aliphatic hydroxyl groups excluding tert-OH is 1. The number of rotatable bonds is 17. The van der Waals surface area contributed by atoms with Crippen molar-refractivity contribution in [1.82, 2.24) is 0 Å². The van der Waals surface area contributed by atoms with Crippen LogP contribution in [0.5, 0.6) is 0 Å². The van der Waals surface area contributed by atoms with Crippen LogP contribution in [0.15, 0.2) is 0 Å². The molecule has 0 saturated carbocycles. The van der Waals surface area contributed by atoms with Crippen molar-refractivity contribution in [3.63, 3.8) is 0 Å². The van der Waals surface area contributed by atoms with Gasteiger partial charge in [0.05, 0.1) is 11.4 Å². The van der Waals surface area contributed by atoms with Crippen LogP contribution in [0, 0.1) is 0 Å². The first kappa shape index (κ1) is 23.9. The predicted octanol–water partition coefficient (Wildman–Crippen LogP) is 5.50. The molecule has 0 heterocycles. The minimum Gasteiger partial charge on any atom is -0.393 e. The van der Waals surface area contributed by atoms with Gasteiger partial charge in [-0.1, -0.05) is 84.5 Å². The maximum Gasteiger partial charge on any atom is 0.267 e. The Morgan fingerprint density at radius 1 is 0.667 bits per heavy atom. The molecule has 146 valence electrons. The average molecular weight is 365 g/mol. The van der Waals surface area contributed by atoms with E-state index in [1.54, 1.807) is 0 Å². The van der Waals surface area contributed by atoms with Gasteiger partial charge in [-0.3, -0.25) is 4.55 Å². The van der Waals surface area contributed by atoms with Crippen LogP contribution < -0.4 is 0 Å². The van der Waals surface area contributed by atoms with Gasteiger partial charge in [0.2, 0.25) is 0 Å². The van der Waals surface area contributed by atoms with Crippen molar-refractivity contribution in [1.29, 1.82) is 0 Å². The van der Waals surface area contributed by atoms with Gasteiger partial charge in [-0.05, 0) is 25.7 Å². The molecule has 2 atom stereocenters. The van der Waals surface area contributed by atoms with Crippen LogP contribution in [0.1, 0.15) is 110 Å². The molecule has 0 aromatic heterocycles. The van der Waals surface area contributed by atoms with Crippen molar-refractivity contribution < 1.29 is 18.1 Å². The molecule has 2 unspecified atom stereocenters. The lowest BCUT2D eigenvalue weighted by Crippen LogP contribution is -2.22. The summed E-state index contributed by atoms with van der Waals surface area (Å²) in [4.78, 5) is 0. The Morgan fingerprint density at radius 3 is 1.67 bits per heavy atom. The van der Waals surface area contributed by atoms with Crippen molar-refractivity contribution in [3.8, 4) is 0 Å². The van der Waals surface area contributed by atoms with E-state index in [1.807, 2.05) is 0 Å². The summed E-state index contributed by atoms with van der Waals surface area (Å²) in [6.45, 7) is 4.29. The van der Waals surface area contributed by atoms with E-state index in [-0.39, 0.29) is 0 Å². The maximum absolute atomic E-state index is 11.4. The molecule has 0 amide bonds. The largest absolute Gasteiger partial charge is 0.393 e. The average Bonchev–Trinajstić information content (AvgIpc) is 2.52. The standard InChI is InChI=1S/C19H40O4S/c1-3-5-7-8-9-10-11-13-14-18(20)16-17-19(24(21,22)23)15-12-6-4-2/h18-20H,3-17H2,1-2H3,(H,21,22,23). The highest BCUT2D eigenvalue weighted by molar-refractivity contribution is 7.86. The fourth-order valence-electron chi connectivity index (χ4n) is 3.10. The van der Waals surface area contributed by atoms with E-state index in [0.29, 0.717) is 19.3 Å². The van der Waals surface area contributed by atoms with E-state index in [2.05, 4.69) is 13.8 Å². The molecule has 0 radical (unpaired) electrons. The van der Waals surface area contributed by atoms with Crippen molar-refractivity contribution >= 4 is 10.1 Å². The van der Waals surface area contributed by atoms with Gasteiger partial charge in [0.1, 0.15) is 0 Å². The Balaban J connectivity index is 3.78. The summed E-state index contributed by atoms with van der Waals surface area (Å²) < 4.78 is 32.2. The number of aliphatic hydroxyl groups is 1. The monoisotopic (exact) mass is 364 g/mol. The molecular formula is C19H40O4S. The first-order chi connectivity index (χ1) is 11.4. The lowest BCUT2D eigenvalue weighted by molar-refractivity contribution is 0.147. The van der Waals surface area contributed by atoms with Gasteiger partial charge in [0, 0.05) is 0 Å². The molecule has 0 aliphatic carbocycles. The predicted molar refractivity (Wildman–Crippen MR) is 102 cm³/mol. The summed E-state index contributed by atoms with van der Waals surface area (Å²) in [6, 6.07) is 0. The Kier molecular flexibility index (Phi) is 15.1. The van der Waals surface area contributed by atoms with Crippen LogP contribution in [-0.2, 0) is 10.1 Å². The van der Waals surface area contributed by atoms with E-state index in [1.165, 1.54) is 38.5 Å². The molecule has 0 aliphatic heterocycles. The third-order valence-corrected chi connectivity index (χ3v) is 6.08. The highest BCUT2D eigenvalue weighted by Gasteiger charge is 2.23. The summed E-state index contributed by atoms with van der Waals surface area (Å²) in [7, 11) is -3.99. The summed E-state index contributed by atoms with van der Waals surface area (Å²) in [6.07, 6.45) is 14.3. The van der Waals surface area contributed by atoms with Crippen molar-refractivity contribution in [2.75, 3.05) is 0 Å². The third-order valence-electron chi connectivity index (χ3n) is 4.76. The lowest BCUT2D eigenvalue weighted by atomic mass is 10.0. The molecule has 0 rings (SSSR count). The van der Waals surface area contributed by atoms with E-state index >= 15 is 0 Å². The summed E-state index contributed by atoms with van der Waals surface area (Å²) in [5, 5.41) is 9.32. The second-order valence-corrected chi connectivity index (χ2v) is 8.82. The molecule has 0 aromatic carbocycles. The zero-order valence-corrected chi connectivity index (χ0v) is 16.7. The lowest BCUT2D eigenvalue weighted by Gasteiger charge is -2.16. The molecule has 0 saturated heterocycles. The molecule has 2 N–H and O–H groups in total. The zero-order valence-electron chi connectivity index (χ0n) is 15.9. The normalized spacial score (nSPS) is 14.7. The molecule has 0 aliphatic rings.